The van der Waals surface area contributed by atoms with Gasteiger partial charge >= 0.3 is 0 Å². The molecule has 0 spiro atoms. The van der Waals surface area contributed by atoms with Gasteiger partial charge in [-0.05, 0) is 17.4 Å². The Morgan fingerprint density at radius 2 is 2.04 bits per heavy atom. The van der Waals surface area contributed by atoms with Gasteiger partial charge in [0.15, 0.2) is 5.82 Å². The molecule has 7 nitrogen and oxygen atoms in total. The summed E-state index contributed by atoms with van der Waals surface area (Å²) in [7, 11) is 0. The van der Waals surface area contributed by atoms with Gasteiger partial charge in [0.25, 0.3) is 0 Å². The van der Waals surface area contributed by atoms with Gasteiger partial charge in [0.2, 0.25) is 17.7 Å². The zero-order valence-corrected chi connectivity index (χ0v) is 16.1. The monoisotopic (exact) mass is 370 g/mol. The first-order chi connectivity index (χ1) is 12.8. The molecule has 7 heteroatoms. The predicted molar refractivity (Wildman–Crippen MR) is 99.2 cm³/mol. The normalized spacial score (nSPS) is 17.4. The molecule has 1 N–H and O–H groups in total. The molecule has 1 aromatic carbocycles. The third kappa shape index (κ3) is 5.15. The molecule has 1 aromatic heterocycles. The van der Waals surface area contributed by atoms with Crippen LogP contribution in [0.3, 0.4) is 0 Å². The number of likely N-dealkylation sites (tertiary alicyclic amines) is 1. The van der Waals surface area contributed by atoms with Crippen molar-refractivity contribution in [1.29, 1.82) is 0 Å². The van der Waals surface area contributed by atoms with E-state index in [0.717, 1.165) is 5.56 Å². The Bertz CT molecular complexity index is 795. The predicted octanol–water partition coefficient (Wildman–Crippen LogP) is 2.99. The lowest BCUT2D eigenvalue weighted by atomic mass is 9.92. The molecule has 0 radical (unpaired) electrons. The van der Waals surface area contributed by atoms with E-state index in [1.54, 1.807) is 4.90 Å². The van der Waals surface area contributed by atoms with Crippen molar-refractivity contribution in [2.24, 2.45) is 5.41 Å². The molecule has 0 unspecified atom stereocenters. The van der Waals surface area contributed by atoms with Gasteiger partial charge in [0, 0.05) is 19.4 Å². The van der Waals surface area contributed by atoms with Crippen LogP contribution in [0.5, 0.6) is 0 Å². The van der Waals surface area contributed by atoms with E-state index in [-0.39, 0.29) is 29.8 Å². The topological polar surface area (TPSA) is 88.3 Å². The number of nitrogens with one attached hydrogen (secondary N) is 1. The fourth-order valence-corrected chi connectivity index (χ4v) is 3.17. The lowest BCUT2D eigenvalue weighted by Crippen LogP contribution is -2.28. The van der Waals surface area contributed by atoms with Crippen LogP contribution in [0.2, 0.25) is 0 Å². The summed E-state index contributed by atoms with van der Waals surface area (Å²) in [5.41, 5.74) is 0.987. The van der Waals surface area contributed by atoms with Gasteiger partial charge in [-0.2, -0.15) is 4.98 Å². The van der Waals surface area contributed by atoms with Crippen molar-refractivity contribution in [2.75, 3.05) is 0 Å². The Morgan fingerprint density at radius 1 is 1.30 bits per heavy atom. The van der Waals surface area contributed by atoms with Crippen LogP contribution in [-0.2, 0) is 22.7 Å². The van der Waals surface area contributed by atoms with Crippen molar-refractivity contribution in [3.8, 4) is 0 Å². The van der Waals surface area contributed by atoms with E-state index >= 15 is 0 Å². The third-order valence-corrected chi connectivity index (χ3v) is 4.43. The van der Waals surface area contributed by atoms with Gasteiger partial charge in [-0.1, -0.05) is 56.3 Å². The summed E-state index contributed by atoms with van der Waals surface area (Å²) in [5, 5.41) is 6.77. The van der Waals surface area contributed by atoms with Gasteiger partial charge in [0.05, 0.1) is 6.54 Å². The van der Waals surface area contributed by atoms with Crippen molar-refractivity contribution in [3.05, 3.63) is 47.6 Å². The smallest absolute Gasteiger partial charge is 0.249 e. The molecule has 0 bridgehead atoms. The molecule has 1 saturated heterocycles. The summed E-state index contributed by atoms with van der Waals surface area (Å²) in [5.74, 6) is 0.890. The second-order valence-electron chi connectivity index (χ2n) is 8.12. The van der Waals surface area contributed by atoms with Crippen LogP contribution in [0.4, 0.5) is 0 Å². The first-order valence-electron chi connectivity index (χ1n) is 9.24. The van der Waals surface area contributed by atoms with Crippen molar-refractivity contribution in [1.82, 2.24) is 20.4 Å². The summed E-state index contributed by atoms with van der Waals surface area (Å²) in [6.07, 6.45) is 1.56. The van der Waals surface area contributed by atoms with Crippen LogP contribution in [0.1, 0.15) is 63.4 Å². The molecule has 1 fully saturated rings. The molecule has 0 saturated carbocycles. The minimum atomic E-state index is -0.218. The Labute approximate surface area is 159 Å². The maximum Gasteiger partial charge on any atom is 0.249 e. The fraction of sp³-hybridized carbons (Fsp3) is 0.500. The molecule has 1 atom stereocenters. The minimum Gasteiger partial charge on any atom is -0.349 e. The molecule has 1 aliphatic rings. The number of carbonyl (C=O) groups is 2. The molecule has 1 aliphatic heterocycles. The summed E-state index contributed by atoms with van der Waals surface area (Å²) in [4.78, 5) is 30.4. The first kappa shape index (κ1) is 19.1. The SMILES string of the molecule is CC(C)(C)CC(=O)NCc1noc([C@@H]2CCC(=O)N2Cc2ccccc2)n1. The van der Waals surface area contributed by atoms with Crippen molar-refractivity contribution in [3.63, 3.8) is 0 Å². The first-order valence-corrected chi connectivity index (χ1v) is 9.24. The summed E-state index contributed by atoms with van der Waals surface area (Å²) >= 11 is 0. The zero-order chi connectivity index (χ0) is 19.4. The van der Waals surface area contributed by atoms with Gasteiger partial charge in [0.1, 0.15) is 6.04 Å². The molecular formula is C20H26N4O3. The van der Waals surface area contributed by atoms with Gasteiger partial charge < -0.3 is 14.7 Å². The van der Waals surface area contributed by atoms with Gasteiger partial charge in [-0.15, -0.1) is 0 Å². The van der Waals surface area contributed by atoms with E-state index in [4.69, 9.17) is 4.52 Å². The average Bonchev–Trinajstić information content (AvgIpc) is 3.20. The average molecular weight is 370 g/mol. The summed E-state index contributed by atoms with van der Waals surface area (Å²) in [6, 6.07) is 9.63. The molecule has 2 heterocycles. The number of hydrogen-bond donors (Lipinski definition) is 1. The highest BCUT2D eigenvalue weighted by molar-refractivity contribution is 5.79. The zero-order valence-electron chi connectivity index (χ0n) is 16.1. The molecule has 3 rings (SSSR count). The minimum absolute atomic E-state index is 0.0457. The maximum atomic E-state index is 12.3. The Kier molecular flexibility index (Phi) is 5.58. The van der Waals surface area contributed by atoms with Crippen LogP contribution in [0.15, 0.2) is 34.9 Å². The largest absolute Gasteiger partial charge is 0.349 e. The highest BCUT2D eigenvalue weighted by Crippen LogP contribution is 2.33. The van der Waals surface area contributed by atoms with Crippen molar-refractivity contribution >= 4 is 11.8 Å². The van der Waals surface area contributed by atoms with E-state index in [0.29, 0.717) is 37.5 Å². The van der Waals surface area contributed by atoms with Crippen LogP contribution >= 0.6 is 0 Å². The van der Waals surface area contributed by atoms with Crippen LogP contribution in [-0.4, -0.2) is 26.9 Å². The van der Waals surface area contributed by atoms with Crippen LogP contribution < -0.4 is 5.32 Å². The van der Waals surface area contributed by atoms with Gasteiger partial charge in [-0.25, -0.2) is 0 Å². The highest BCUT2D eigenvalue weighted by atomic mass is 16.5. The summed E-state index contributed by atoms with van der Waals surface area (Å²) in [6.45, 7) is 6.77. The van der Waals surface area contributed by atoms with Crippen LogP contribution in [0, 0.1) is 5.41 Å². The van der Waals surface area contributed by atoms with Crippen molar-refractivity contribution < 1.29 is 14.1 Å². The lowest BCUT2D eigenvalue weighted by Gasteiger charge is -2.22. The maximum absolute atomic E-state index is 12.3. The number of nitrogens with zero attached hydrogens (tertiary/aromatic N) is 3. The van der Waals surface area contributed by atoms with Crippen molar-refractivity contribution in [2.45, 2.75) is 59.2 Å². The number of rotatable bonds is 6. The molecule has 2 aromatic rings. The second kappa shape index (κ2) is 7.90. The number of carbonyl (C=O) groups excluding carboxylic acids is 2. The Hall–Kier alpha value is -2.70. The van der Waals surface area contributed by atoms with E-state index in [9.17, 15) is 9.59 Å². The number of amides is 2. The molecule has 0 aliphatic carbocycles. The number of benzene rings is 1. The standard InChI is InChI=1S/C20H26N4O3/c1-20(2,3)11-17(25)21-12-16-22-19(27-23-16)15-9-10-18(26)24(15)13-14-7-5-4-6-8-14/h4-8,15H,9-13H2,1-3H3,(H,21,25)/t15-/m0/s1. The third-order valence-electron chi connectivity index (χ3n) is 4.43. The van der Waals surface area contributed by atoms with E-state index in [1.165, 1.54) is 0 Å². The number of hydrogen-bond acceptors (Lipinski definition) is 5. The highest BCUT2D eigenvalue weighted by Gasteiger charge is 2.35. The summed E-state index contributed by atoms with van der Waals surface area (Å²) < 4.78 is 5.39. The molecule has 2 amide bonds. The van der Waals surface area contributed by atoms with Gasteiger partial charge in [-0.3, -0.25) is 9.59 Å². The van der Waals surface area contributed by atoms with Crippen LogP contribution in [0.25, 0.3) is 0 Å². The quantitative estimate of drug-likeness (QED) is 0.844. The number of aromatic nitrogens is 2. The van der Waals surface area contributed by atoms with E-state index in [2.05, 4.69) is 15.5 Å². The Balaban J connectivity index is 1.62. The van der Waals surface area contributed by atoms with E-state index in [1.807, 2.05) is 51.1 Å². The van der Waals surface area contributed by atoms with E-state index < -0.39 is 0 Å². The fourth-order valence-electron chi connectivity index (χ4n) is 3.17. The molecule has 27 heavy (non-hydrogen) atoms. The Morgan fingerprint density at radius 3 is 2.74 bits per heavy atom. The molecular weight excluding hydrogens is 344 g/mol. The lowest BCUT2D eigenvalue weighted by molar-refractivity contribution is -0.130. The molecule has 144 valence electrons. The second-order valence-corrected chi connectivity index (χ2v) is 8.12.